The molecule has 0 heterocycles. The van der Waals surface area contributed by atoms with E-state index in [4.69, 9.17) is 19.3 Å². The predicted molar refractivity (Wildman–Crippen MR) is 160 cm³/mol. The Morgan fingerprint density at radius 1 is 0.810 bits per heavy atom. The van der Waals surface area contributed by atoms with E-state index in [9.17, 15) is 19.7 Å². The number of nitro benzene ring substituents is 1. The summed E-state index contributed by atoms with van der Waals surface area (Å²) in [6, 6.07) is 18.2. The van der Waals surface area contributed by atoms with Gasteiger partial charge in [0.25, 0.3) is 0 Å². The summed E-state index contributed by atoms with van der Waals surface area (Å²) in [5.41, 5.74) is 1.56. The van der Waals surface area contributed by atoms with E-state index in [-0.39, 0.29) is 22.6 Å². The van der Waals surface area contributed by atoms with Crippen LogP contribution in [-0.2, 0) is 4.79 Å². The molecule has 0 spiro atoms. The summed E-state index contributed by atoms with van der Waals surface area (Å²) in [6.07, 6.45) is 7.03. The normalized spacial score (nSPS) is 10.6. The van der Waals surface area contributed by atoms with Gasteiger partial charge in [-0.25, -0.2) is 9.59 Å². The third-order valence-corrected chi connectivity index (χ3v) is 6.60. The molecular formula is C33H37NO8. The van der Waals surface area contributed by atoms with Crippen LogP contribution in [0, 0.1) is 10.1 Å². The summed E-state index contributed by atoms with van der Waals surface area (Å²) < 4.78 is 16.8. The molecule has 42 heavy (non-hydrogen) atoms. The minimum atomic E-state index is -0.941. The maximum absolute atomic E-state index is 12.7. The molecule has 0 fully saturated rings. The SMILES string of the molecule is C=C(CCCCCCCOc1ccc(C(=O)Oc2ccc(-c3ccc(OCCCC)cc3)cc2[N+](=O)[O-])cc1)C(=O)O. The molecule has 0 atom stereocenters. The van der Waals surface area contributed by atoms with Crippen molar-refractivity contribution >= 4 is 17.6 Å². The average molecular weight is 576 g/mol. The van der Waals surface area contributed by atoms with Gasteiger partial charge in [0, 0.05) is 11.6 Å². The number of carbonyl (C=O) groups excluding carboxylic acids is 1. The van der Waals surface area contributed by atoms with Crippen molar-refractivity contribution in [2.75, 3.05) is 13.2 Å². The number of carboxylic acids is 1. The quantitative estimate of drug-likeness (QED) is 0.0404. The molecule has 0 aliphatic carbocycles. The summed E-state index contributed by atoms with van der Waals surface area (Å²) in [5.74, 6) is -0.458. The fraction of sp³-hybridized carbons (Fsp3) is 0.333. The van der Waals surface area contributed by atoms with Crippen LogP contribution in [0.15, 0.2) is 78.9 Å². The molecule has 3 aromatic carbocycles. The van der Waals surface area contributed by atoms with E-state index in [1.54, 1.807) is 30.3 Å². The van der Waals surface area contributed by atoms with Gasteiger partial charge in [0.2, 0.25) is 5.75 Å². The highest BCUT2D eigenvalue weighted by Crippen LogP contribution is 2.33. The molecule has 0 aliphatic heterocycles. The predicted octanol–water partition coefficient (Wildman–Crippen LogP) is 8.02. The smallest absolute Gasteiger partial charge is 0.343 e. The Balaban J connectivity index is 1.49. The van der Waals surface area contributed by atoms with E-state index < -0.39 is 16.9 Å². The number of esters is 1. The molecule has 0 bridgehead atoms. The van der Waals surface area contributed by atoms with Gasteiger partial charge in [-0.3, -0.25) is 10.1 Å². The summed E-state index contributed by atoms with van der Waals surface area (Å²) in [4.78, 5) is 34.7. The molecule has 0 aliphatic rings. The maximum Gasteiger partial charge on any atom is 0.343 e. The van der Waals surface area contributed by atoms with Gasteiger partial charge in [-0.05, 0) is 79.3 Å². The number of rotatable bonds is 18. The molecule has 1 N–H and O–H groups in total. The van der Waals surface area contributed by atoms with Crippen molar-refractivity contribution < 1.29 is 33.8 Å². The lowest BCUT2D eigenvalue weighted by atomic mass is 10.0. The van der Waals surface area contributed by atoms with Crippen LogP contribution >= 0.6 is 0 Å². The maximum atomic E-state index is 12.7. The van der Waals surface area contributed by atoms with E-state index in [0.717, 1.165) is 56.3 Å². The minimum absolute atomic E-state index is 0.138. The van der Waals surface area contributed by atoms with Crippen molar-refractivity contribution in [3.05, 3.63) is 94.6 Å². The van der Waals surface area contributed by atoms with Gasteiger partial charge >= 0.3 is 17.6 Å². The summed E-state index contributed by atoms with van der Waals surface area (Å²) in [5, 5.41) is 20.6. The largest absolute Gasteiger partial charge is 0.494 e. The summed E-state index contributed by atoms with van der Waals surface area (Å²) in [7, 11) is 0. The Labute approximate surface area is 245 Å². The van der Waals surface area contributed by atoms with Crippen molar-refractivity contribution in [3.63, 3.8) is 0 Å². The van der Waals surface area contributed by atoms with E-state index in [2.05, 4.69) is 13.5 Å². The molecule has 3 aromatic rings. The lowest BCUT2D eigenvalue weighted by molar-refractivity contribution is -0.385. The van der Waals surface area contributed by atoms with Crippen molar-refractivity contribution in [3.8, 4) is 28.4 Å². The average Bonchev–Trinajstić information content (AvgIpc) is 2.99. The first-order chi connectivity index (χ1) is 20.3. The first-order valence-corrected chi connectivity index (χ1v) is 14.2. The van der Waals surface area contributed by atoms with Gasteiger partial charge in [-0.1, -0.05) is 57.4 Å². The van der Waals surface area contributed by atoms with Crippen molar-refractivity contribution in [2.45, 2.75) is 58.3 Å². The van der Waals surface area contributed by atoms with Gasteiger partial charge in [-0.15, -0.1) is 0 Å². The first-order valence-electron chi connectivity index (χ1n) is 14.2. The van der Waals surface area contributed by atoms with Gasteiger partial charge in [0.05, 0.1) is 23.7 Å². The highest BCUT2D eigenvalue weighted by molar-refractivity contribution is 5.92. The number of carboxylic acid groups (broad SMARTS) is 1. The number of ether oxygens (including phenoxy) is 3. The highest BCUT2D eigenvalue weighted by atomic mass is 16.6. The van der Waals surface area contributed by atoms with Gasteiger partial charge in [0.15, 0.2) is 0 Å². The molecule has 222 valence electrons. The molecule has 0 saturated heterocycles. The van der Waals surface area contributed by atoms with Crippen LogP contribution < -0.4 is 14.2 Å². The number of unbranched alkanes of at least 4 members (excludes halogenated alkanes) is 5. The number of nitrogens with zero attached hydrogens (tertiary/aromatic N) is 1. The number of benzene rings is 3. The second-order valence-corrected chi connectivity index (χ2v) is 9.85. The van der Waals surface area contributed by atoms with E-state index >= 15 is 0 Å². The zero-order chi connectivity index (χ0) is 30.3. The third kappa shape index (κ3) is 10.1. The van der Waals surface area contributed by atoms with Crippen molar-refractivity contribution in [1.82, 2.24) is 0 Å². The fourth-order valence-corrected chi connectivity index (χ4v) is 4.12. The number of hydrogen-bond acceptors (Lipinski definition) is 7. The molecule has 0 aromatic heterocycles. The lowest BCUT2D eigenvalue weighted by Gasteiger charge is -2.10. The van der Waals surface area contributed by atoms with Gasteiger partial charge < -0.3 is 19.3 Å². The van der Waals surface area contributed by atoms with E-state index in [1.807, 2.05) is 24.3 Å². The second kappa shape index (κ2) is 16.6. The number of carbonyl (C=O) groups is 2. The molecule has 0 amide bonds. The van der Waals surface area contributed by atoms with Gasteiger partial charge in [-0.2, -0.15) is 0 Å². The van der Waals surface area contributed by atoms with Crippen LogP contribution in [0.25, 0.3) is 11.1 Å². The third-order valence-electron chi connectivity index (χ3n) is 6.60. The van der Waals surface area contributed by atoms with Crippen LogP contribution in [0.5, 0.6) is 17.2 Å². The lowest BCUT2D eigenvalue weighted by Crippen LogP contribution is -2.10. The van der Waals surface area contributed by atoms with Crippen LogP contribution in [0.2, 0.25) is 0 Å². The monoisotopic (exact) mass is 575 g/mol. The van der Waals surface area contributed by atoms with E-state index in [1.165, 1.54) is 12.1 Å². The van der Waals surface area contributed by atoms with Crippen LogP contribution in [0.3, 0.4) is 0 Å². The molecule has 9 heteroatoms. The molecule has 0 radical (unpaired) electrons. The zero-order valence-electron chi connectivity index (χ0n) is 23.9. The first kappa shape index (κ1) is 31.9. The Kier molecular flexibility index (Phi) is 12.6. The molecule has 0 saturated carbocycles. The summed E-state index contributed by atoms with van der Waals surface area (Å²) in [6.45, 7) is 6.77. The van der Waals surface area contributed by atoms with Crippen LogP contribution in [-0.4, -0.2) is 35.2 Å². The Bertz CT molecular complexity index is 1350. The minimum Gasteiger partial charge on any atom is -0.494 e. The Morgan fingerprint density at radius 3 is 2.00 bits per heavy atom. The fourth-order valence-electron chi connectivity index (χ4n) is 4.12. The van der Waals surface area contributed by atoms with Gasteiger partial charge in [0.1, 0.15) is 11.5 Å². The Hall–Kier alpha value is -4.66. The van der Waals surface area contributed by atoms with Crippen LogP contribution in [0.4, 0.5) is 5.69 Å². The highest BCUT2D eigenvalue weighted by Gasteiger charge is 2.20. The Morgan fingerprint density at radius 2 is 1.38 bits per heavy atom. The van der Waals surface area contributed by atoms with Crippen LogP contribution in [0.1, 0.15) is 68.6 Å². The number of aliphatic carboxylic acids is 1. The number of nitro groups is 1. The van der Waals surface area contributed by atoms with Crippen molar-refractivity contribution in [2.24, 2.45) is 0 Å². The zero-order valence-corrected chi connectivity index (χ0v) is 23.9. The molecule has 3 rings (SSSR count). The second-order valence-electron chi connectivity index (χ2n) is 9.85. The molecular weight excluding hydrogens is 538 g/mol. The topological polar surface area (TPSA) is 125 Å². The van der Waals surface area contributed by atoms with E-state index in [0.29, 0.717) is 30.9 Å². The molecule has 9 nitrogen and oxygen atoms in total. The number of hydrogen-bond donors (Lipinski definition) is 1. The van der Waals surface area contributed by atoms with Crippen molar-refractivity contribution in [1.29, 1.82) is 0 Å². The molecule has 0 unspecified atom stereocenters. The summed E-state index contributed by atoms with van der Waals surface area (Å²) >= 11 is 0. The standard InChI is InChI=1S/C33H37NO8/c1-3-4-21-40-28-16-11-25(12-17-28)27-15-20-31(30(23-27)34(38)39)42-33(37)26-13-18-29(19-14-26)41-22-9-7-5-6-8-10-24(2)32(35)36/h11-20,23H,2-10,21-22H2,1H3,(H,35,36).